The molecule has 0 saturated heterocycles. The van der Waals surface area contributed by atoms with Gasteiger partial charge in [0.1, 0.15) is 5.75 Å². The van der Waals surface area contributed by atoms with Crippen LogP contribution in [0.1, 0.15) is 26.3 Å². The number of benzene rings is 1. The monoisotopic (exact) mass is 250 g/mol. The van der Waals surface area contributed by atoms with Gasteiger partial charge in [0.15, 0.2) is 0 Å². The average Bonchev–Trinajstić information content (AvgIpc) is 2.31. The Labute approximate surface area is 111 Å². The second-order valence-corrected chi connectivity index (χ2v) is 5.37. The van der Waals surface area contributed by atoms with E-state index < -0.39 is 0 Å². The highest BCUT2D eigenvalue weighted by Gasteiger charge is 2.17. The lowest BCUT2D eigenvalue weighted by molar-refractivity contribution is 0.338. The molecule has 1 N–H and O–H groups in total. The molecule has 0 fully saturated rings. The molecule has 102 valence electrons. The van der Waals surface area contributed by atoms with Crippen LogP contribution in [-0.2, 0) is 0 Å². The van der Waals surface area contributed by atoms with Crippen molar-refractivity contribution < 1.29 is 4.74 Å². The number of nitrogens with one attached hydrogen (secondary N) is 1. The van der Waals surface area contributed by atoms with Crippen molar-refractivity contribution in [2.45, 2.75) is 33.2 Å². The van der Waals surface area contributed by atoms with Gasteiger partial charge < -0.3 is 15.0 Å². The first-order valence-corrected chi connectivity index (χ1v) is 6.53. The Kier molecular flexibility index (Phi) is 5.03. The molecule has 0 aliphatic heterocycles. The maximum atomic E-state index is 5.56. The van der Waals surface area contributed by atoms with E-state index in [0.29, 0.717) is 6.61 Å². The van der Waals surface area contributed by atoms with Crippen LogP contribution in [0.5, 0.6) is 5.75 Å². The van der Waals surface area contributed by atoms with Gasteiger partial charge in [0.25, 0.3) is 0 Å². The van der Waals surface area contributed by atoms with E-state index in [9.17, 15) is 0 Å². The van der Waals surface area contributed by atoms with Gasteiger partial charge in [-0.3, -0.25) is 0 Å². The van der Waals surface area contributed by atoms with Crippen LogP contribution in [0, 0.1) is 6.92 Å². The molecule has 0 aromatic heterocycles. The first-order chi connectivity index (χ1) is 8.39. The topological polar surface area (TPSA) is 24.5 Å². The third kappa shape index (κ3) is 3.91. The third-order valence-electron chi connectivity index (χ3n) is 3.21. The molecular formula is C15H26N2O. The van der Waals surface area contributed by atoms with Crippen LogP contribution in [0.4, 0.5) is 5.69 Å². The second kappa shape index (κ2) is 6.10. The van der Waals surface area contributed by atoms with Crippen LogP contribution in [0.3, 0.4) is 0 Å². The summed E-state index contributed by atoms with van der Waals surface area (Å²) in [6.45, 7) is 10.2. The predicted octanol–water partition coefficient (Wildman–Crippen LogP) is 2.83. The maximum Gasteiger partial charge on any atom is 0.122 e. The standard InChI is InChI=1S/C15H26N2O/c1-7-18-14-9-8-13(10-12(14)2)17(6)11-15(3,4)16-5/h8-10,16H,7,11H2,1-6H3. The van der Waals surface area contributed by atoms with E-state index in [1.54, 1.807) is 0 Å². The summed E-state index contributed by atoms with van der Waals surface area (Å²) in [6, 6.07) is 6.34. The number of rotatable bonds is 6. The molecule has 0 bridgehead atoms. The van der Waals surface area contributed by atoms with E-state index in [1.807, 2.05) is 14.0 Å². The second-order valence-electron chi connectivity index (χ2n) is 5.37. The summed E-state index contributed by atoms with van der Waals surface area (Å²) in [7, 11) is 4.12. The van der Waals surface area contributed by atoms with Crippen molar-refractivity contribution in [2.24, 2.45) is 0 Å². The van der Waals surface area contributed by atoms with Crippen molar-refractivity contribution in [1.29, 1.82) is 0 Å². The molecule has 3 heteroatoms. The van der Waals surface area contributed by atoms with Crippen molar-refractivity contribution in [3.63, 3.8) is 0 Å². The smallest absolute Gasteiger partial charge is 0.122 e. The van der Waals surface area contributed by atoms with Crippen LogP contribution in [0.25, 0.3) is 0 Å². The quantitative estimate of drug-likeness (QED) is 0.840. The highest BCUT2D eigenvalue weighted by Crippen LogP contribution is 2.24. The fourth-order valence-electron chi connectivity index (χ4n) is 1.95. The van der Waals surface area contributed by atoms with Gasteiger partial charge in [-0.1, -0.05) is 0 Å². The van der Waals surface area contributed by atoms with Gasteiger partial charge in [0.05, 0.1) is 6.61 Å². The lowest BCUT2D eigenvalue weighted by atomic mass is 10.0. The van der Waals surface area contributed by atoms with E-state index in [0.717, 1.165) is 12.3 Å². The molecule has 0 aliphatic carbocycles. The van der Waals surface area contributed by atoms with Crippen molar-refractivity contribution in [2.75, 3.05) is 32.1 Å². The Bertz CT molecular complexity index is 388. The van der Waals surface area contributed by atoms with Gasteiger partial charge in [-0.15, -0.1) is 0 Å². The van der Waals surface area contributed by atoms with E-state index >= 15 is 0 Å². The molecular weight excluding hydrogens is 224 g/mol. The molecule has 0 heterocycles. The van der Waals surface area contributed by atoms with Crippen LogP contribution < -0.4 is 15.0 Å². The Morgan fingerprint density at radius 2 is 2.00 bits per heavy atom. The summed E-state index contributed by atoms with van der Waals surface area (Å²) < 4.78 is 5.56. The van der Waals surface area contributed by atoms with Gasteiger partial charge in [-0.25, -0.2) is 0 Å². The van der Waals surface area contributed by atoms with Gasteiger partial charge >= 0.3 is 0 Å². The summed E-state index contributed by atoms with van der Waals surface area (Å²) >= 11 is 0. The number of hydrogen-bond acceptors (Lipinski definition) is 3. The van der Waals surface area contributed by atoms with Crippen molar-refractivity contribution in [3.8, 4) is 5.75 Å². The van der Waals surface area contributed by atoms with Crippen molar-refractivity contribution in [3.05, 3.63) is 23.8 Å². The number of hydrogen-bond donors (Lipinski definition) is 1. The maximum absolute atomic E-state index is 5.56. The molecule has 0 spiro atoms. The molecule has 1 rings (SSSR count). The zero-order chi connectivity index (χ0) is 13.8. The van der Waals surface area contributed by atoms with E-state index in [-0.39, 0.29) is 5.54 Å². The molecule has 0 radical (unpaired) electrons. The summed E-state index contributed by atoms with van der Waals surface area (Å²) in [4.78, 5) is 2.26. The van der Waals surface area contributed by atoms with Crippen molar-refractivity contribution >= 4 is 5.69 Å². The lowest BCUT2D eigenvalue weighted by Gasteiger charge is -2.31. The Hall–Kier alpha value is -1.22. The summed E-state index contributed by atoms with van der Waals surface area (Å²) in [5.41, 5.74) is 2.50. The first kappa shape index (κ1) is 14.8. The zero-order valence-electron chi connectivity index (χ0n) is 12.5. The number of nitrogens with zero attached hydrogens (tertiary/aromatic N) is 1. The molecule has 0 aliphatic rings. The van der Waals surface area contributed by atoms with E-state index in [1.165, 1.54) is 11.3 Å². The lowest BCUT2D eigenvalue weighted by Crippen LogP contribution is -2.46. The minimum atomic E-state index is 0.0985. The minimum Gasteiger partial charge on any atom is -0.494 e. The molecule has 0 saturated carbocycles. The minimum absolute atomic E-state index is 0.0985. The number of likely N-dealkylation sites (N-methyl/N-ethyl adjacent to an activating group) is 2. The molecule has 3 nitrogen and oxygen atoms in total. The Balaban J connectivity index is 2.81. The highest BCUT2D eigenvalue weighted by molar-refractivity contribution is 5.52. The Morgan fingerprint density at radius 1 is 1.33 bits per heavy atom. The summed E-state index contributed by atoms with van der Waals surface area (Å²) in [5.74, 6) is 0.975. The van der Waals surface area contributed by atoms with Crippen LogP contribution in [0.2, 0.25) is 0 Å². The van der Waals surface area contributed by atoms with E-state index in [4.69, 9.17) is 4.74 Å². The normalized spacial score (nSPS) is 11.4. The predicted molar refractivity (Wildman–Crippen MR) is 78.8 cm³/mol. The Morgan fingerprint density at radius 3 is 2.50 bits per heavy atom. The van der Waals surface area contributed by atoms with Gasteiger partial charge in [-0.2, -0.15) is 0 Å². The molecule has 1 aromatic carbocycles. The molecule has 0 amide bonds. The third-order valence-corrected chi connectivity index (χ3v) is 3.21. The van der Waals surface area contributed by atoms with Crippen LogP contribution in [0.15, 0.2) is 18.2 Å². The van der Waals surface area contributed by atoms with Crippen LogP contribution >= 0.6 is 0 Å². The van der Waals surface area contributed by atoms with Crippen LogP contribution in [-0.4, -0.2) is 32.8 Å². The molecule has 0 unspecified atom stereocenters. The van der Waals surface area contributed by atoms with E-state index in [2.05, 4.69) is 56.2 Å². The number of ether oxygens (including phenoxy) is 1. The molecule has 18 heavy (non-hydrogen) atoms. The van der Waals surface area contributed by atoms with Gasteiger partial charge in [0, 0.05) is 24.8 Å². The average molecular weight is 250 g/mol. The number of aryl methyl sites for hydroxylation is 1. The number of anilines is 1. The first-order valence-electron chi connectivity index (χ1n) is 6.53. The van der Waals surface area contributed by atoms with Gasteiger partial charge in [0.2, 0.25) is 0 Å². The molecule has 0 atom stereocenters. The summed E-state index contributed by atoms with van der Waals surface area (Å²) in [5, 5.41) is 3.32. The highest BCUT2D eigenvalue weighted by atomic mass is 16.5. The van der Waals surface area contributed by atoms with Gasteiger partial charge in [-0.05, 0) is 58.5 Å². The van der Waals surface area contributed by atoms with Crippen molar-refractivity contribution in [1.82, 2.24) is 5.32 Å². The zero-order valence-corrected chi connectivity index (χ0v) is 12.5. The molecule has 1 aromatic rings. The fraction of sp³-hybridized carbons (Fsp3) is 0.600. The SMILES string of the molecule is CCOc1ccc(N(C)CC(C)(C)NC)cc1C. The largest absolute Gasteiger partial charge is 0.494 e. The summed E-state index contributed by atoms with van der Waals surface area (Å²) in [6.07, 6.45) is 0. The fourth-order valence-corrected chi connectivity index (χ4v) is 1.95.